The van der Waals surface area contributed by atoms with Crippen molar-refractivity contribution in [3.8, 4) is 5.75 Å². The van der Waals surface area contributed by atoms with Crippen LogP contribution in [0.2, 0.25) is 0 Å². The molecule has 2 amide bonds. The van der Waals surface area contributed by atoms with E-state index in [-0.39, 0.29) is 24.0 Å². The summed E-state index contributed by atoms with van der Waals surface area (Å²) in [5, 5.41) is 13.6. The minimum Gasteiger partial charge on any atom is -0.424 e. The first-order valence-corrected chi connectivity index (χ1v) is 10.5. The number of nitrogens with zero attached hydrogens (tertiary/aromatic N) is 2. The normalized spacial score (nSPS) is 20.3. The third-order valence-corrected chi connectivity index (χ3v) is 5.60. The molecule has 1 aliphatic heterocycles. The van der Waals surface area contributed by atoms with E-state index in [1.54, 1.807) is 18.2 Å². The number of amidine groups is 1. The van der Waals surface area contributed by atoms with Gasteiger partial charge in [-0.15, -0.1) is 5.10 Å². The first kappa shape index (κ1) is 21.0. The van der Waals surface area contributed by atoms with E-state index in [0.29, 0.717) is 10.9 Å². The summed E-state index contributed by atoms with van der Waals surface area (Å²) in [6, 6.07) is 5.12. The summed E-state index contributed by atoms with van der Waals surface area (Å²) in [4.78, 5) is 35.9. The number of anilines is 1. The van der Waals surface area contributed by atoms with E-state index in [9.17, 15) is 14.4 Å². The minimum absolute atomic E-state index is 0.0282. The largest absolute Gasteiger partial charge is 0.424 e. The fraction of sp³-hybridized carbons (Fsp3) is 0.450. The van der Waals surface area contributed by atoms with Crippen LogP contribution in [-0.4, -0.2) is 33.9 Å². The fourth-order valence-corrected chi connectivity index (χ4v) is 4.04. The van der Waals surface area contributed by atoms with Crippen LogP contribution >= 0.6 is 11.8 Å². The van der Waals surface area contributed by atoms with Crippen molar-refractivity contribution >= 4 is 46.1 Å². The molecule has 0 unspecified atom stereocenters. The molecule has 8 nitrogen and oxygen atoms in total. The number of thioether (sulfide) groups is 1. The summed E-state index contributed by atoms with van der Waals surface area (Å²) in [6.07, 6.45) is 5.34. The van der Waals surface area contributed by atoms with Crippen LogP contribution < -0.4 is 15.4 Å². The molecule has 9 heteroatoms. The van der Waals surface area contributed by atoms with Crippen molar-refractivity contribution in [1.29, 1.82) is 0 Å². The Hall–Kier alpha value is -2.68. The molecular weight excluding hydrogens is 392 g/mol. The second kappa shape index (κ2) is 9.69. The Bertz CT molecular complexity index is 873. The zero-order valence-corrected chi connectivity index (χ0v) is 17.3. The van der Waals surface area contributed by atoms with Crippen LogP contribution in [0.15, 0.2) is 28.4 Å². The summed E-state index contributed by atoms with van der Waals surface area (Å²) >= 11 is 1.20. The van der Waals surface area contributed by atoms with Gasteiger partial charge in [0.25, 0.3) is 0 Å². The van der Waals surface area contributed by atoms with E-state index < -0.39 is 11.2 Å². The van der Waals surface area contributed by atoms with Crippen molar-refractivity contribution in [3.63, 3.8) is 0 Å². The van der Waals surface area contributed by atoms with Gasteiger partial charge in [-0.1, -0.05) is 24.2 Å². The lowest BCUT2D eigenvalue weighted by molar-refractivity contribution is -0.132. The van der Waals surface area contributed by atoms with Gasteiger partial charge in [0.1, 0.15) is 5.25 Å². The second-order valence-electron chi connectivity index (χ2n) is 7.07. The predicted octanol–water partition coefficient (Wildman–Crippen LogP) is 3.16. The third-order valence-electron chi connectivity index (χ3n) is 4.52. The second-order valence-corrected chi connectivity index (χ2v) is 8.26. The molecule has 0 spiro atoms. The third kappa shape index (κ3) is 6.15. The topological polar surface area (TPSA) is 109 Å². The molecule has 0 aromatic heterocycles. The summed E-state index contributed by atoms with van der Waals surface area (Å²) in [7, 11) is 0. The monoisotopic (exact) mass is 416 g/mol. The molecule has 1 aromatic carbocycles. The van der Waals surface area contributed by atoms with Crippen LogP contribution in [-0.2, 0) is 14.4 Å². The molecule has 1 saturated carbocycles. The van der Waals surface area contributed by atoms with Crippen LogP contribution in [0.4, 0.5) is 5.69 Å². The van der Waals surface area contributed by atoms with Crippen molar-refractivity contribution in [2.75, 3.05) is 5.32 Å². The SMILES string of the molecule is CC(=O)Oc1ccc(C)cc1NC(=O)C[C@H]1S/C(=N/N=C2CCCCC2)NC1=O. The zero-order chi connectivity index (χ0) is 20.8. The van der Waals surface area contributed by atoms with Gasteiger partial charge in [0.05, 0.1) is 5.69 Å². The highest BCUT2D eigenvalue weighted by atomic mass is 32.2. The maximum atomic E-state index is 12.5. The number of carbonyl (C=O) groups excluding carboxylic acids is 3. The molecule has 2 N–H and O–H groups in total. The van der Waals surface area contributed by atoms with Gasteiger partial charge < -0.3 is 15.4 Å². The molecule has 2 aliphatic rings. The molecule has 2 fully saturated rings. The first-order chi connectivity index (χ1) is 13.9. The molecular formula is C20H24N4O4S. The van der Waals surface area contributed by atoms with Crippen molar-refractivity contribution in [2.24, 2.45) is 10.2 Å². The number of rotatable bonds is 5. The van der Waals surface area contributed by atoms with Gasteiger partial charge >= 0.3 is 5.97 Å². The number of nitrogens with one attached hydrogen (secondary N) is 2. The maximum Gasteiger partial charge on any atom is 0.308 e. The lowest BCUT2D eigenvalue weighted by atomic mass is 9.99. The lowest BCUT2D eigenvalue weighted by Crippen LogP contribution is -2.28. The molecule has 1 saturated heterocycles. The highest BCUT2D eigenvalue weighted by Gasteiger charge is 2.32. The van der Waals surface area contributed by atoms with Crippen LogP contribution in [0.3, 0.4) is 0 Å². The van der Waals surface area contributed by atoms with Gasteiger partial charge in [-0.2, -0.15) is 5.10 Å². The van der Waals surface area contributed by atoms with E-state index in [4.69, 9.17) is 4.74 Å². The summed E-state index contributed by atoms with van der Waals surface area (Å²) in [5.74, 6) is -0.824. The molecule has 3 rings (SSSR count). The van der Waals surface area contributed by atoms with Crippen LogP contribution in [0.25, 0.3) is 0 Å². The van der Waals surface area contributed by atoms with Gasteiger partial charge in [-0.05, 0) is 50.3 Å². The quantitative estimate of drug-likeness (QED) is 0.435. The lowest BCUT2D eigenvalue weighted by Gasteiger charge is -2.12. The molecule has 1 heterocycles. The standard InChI is InChI=1S/C20H24N4O4S/c1-12-8-9-16(28-13(2)25)15(10-12)21-18(26)11-17-19(27)22-20(29-17)24-23-14-6-4-3-5-7-14/h8-10,17H,3-7,11H2,1-2H3,(H,21,26)(H,22,24,27)/t17-/m1/s1. The molecule has 1 aliphatic carbocycles. The molecule has 1 aromatic rings. The van der Waals surface area contributed by atoms with Gasteiger partial charge in [-0.25, -0.2) is 0 Å². The summed E-state index contributed by atoms with van der Waals surface area (Å²) < 4.78 is 5.13. The van der Waals surface area contributed by atoms with Crippen LogP contribution in [0.1, 0.15) is 51.0 Å². The number of aryl methyl sites for hydroxylation is 1. The van der Waals surface area contributed by atoms with E-state index >= 15 is 0 Å². The Morgan fingerprint density at radius 3 is 2.72 bits per heavy atom. The smallest absolute Gasteiger partial charge is 0.308 e. The van der Waals surface area contributed by atoms with Gasteiger partial charge in [0.15, 0.2) is 10.9 Å². The van der Waals surface area contributed by atoms with E-state index in [1.165, 1.54) is 25.1 Å². The summed E-state index contributed by atoms with van der Waals surface area (Å²) in [5.41, 5.74) is 2.35. The number of benzene rings is 1. The molecule has 0 bridgehead atoms. The van der Waals surface area contributed by atoms with Gasteiger partial charge in [0.2, 0.25) is 11.8 Å². The Labute approximate surface area is 173 Å². The molecule has 29 heavy (non-hydrogen) atoms. The highest BCUT2D eigenvalue weighted by Crippen LogP contribution is 2.28. The zero-order valence-electron chi connectivity index (χ0n) is 16.5. The van der Waals surface area contributed by atoms with Crippen molar-refractivity contribution in [1.82, 2.24) is 5.32 Å². The molecule has 0 radical (unpaired) electrons. The highest BCUT2D eigenvalue weighted by molar-refractivity contribution is 8.15. The average Bonchev–Trinajstić information content (AvgIpc) is 3.02. The number of ether oxygens (including phenoxy) is 1. The Balaban J connectivity index is 1.60. The van der Waals surface area contributed by atoms with Crippen molar-refractivity contribution in [3.05, 3.63) is 23.8 Å². The van der Waals surface area contributed by atoms with Crippen molar-refractivity contribution in [2.45, 2.75) is 57.6 Å². The minimum atomic E-state index is -0.581. The van der Waals surface area contributed by atoms with Gasteiger partial charge in [-0.3, -0.25) is 14.4 Å². The number of amides is 2. The first-order valence-electron chi connectivity index (χ1n) is 9.60. The van der Waals surface area contributed by atoms with Crippen LogP contribution in [0.5, 0.6) is 5.75 Å². The number of hydrogen-bond donors (Lipinski definition) is 2. The van der Waals surface area contributed by atoms with E-state index in [0.717, 1.165) is 37.0 Å². The average molecular weight is 417 g/mol. The maximum absolute atomic E-state index is 12.5. The Kier molecular flexibility index (Phi) is 7.03. The van der Waals surface area contributed by atoms with Crippen LogP contribution in [0, 0.1) is 6.92 Å². The van der Waals surface area contributed by atoms with Crippen molar-refractivity contribution < 1.29 is 19.1 Å². The van der Waals surface area contributed by atoms with Gasteiger partial charge in [0, 0.05) is 19.1 Å². The summed E-state index contributed by atoms with van der Waals surface area (Å²) in [6.45, 7) is 3.16. The fourth-order valence-electron chi connectivity index (χ4n) is 3.12. The molecule has 1 atom stereocenters. The van der Waals surface area contributed by atoms with E-state index in [2.05, 4.69) is 20.8 Å². The predicted molar refractivity (Wildman–Crippen MR) is 113 cm³/mol. The molecule has 154 valence electrons. The number of carbonyl (C=O) groups is 3. The number of esters is 1. The Morgan fingerprint density at radius 2 is 2.00 bits per heavy atom. The Morgan fingerprint density at radius 1 is 1.24 bits per heavy atom. The van der Waals surface area contributed by atoms with E-state index in [1.807, 2.05) is 6.92 Å². The number of hydrogen-bond acceptors (Lipinski definition) is 7.